The fraction of sp³-hybridized carbons (Fsp3) is 0.290. The minimum Gasteiger partial charge on any atom is -0.508 e. The van der Waals surface area contributed by atoms with E-state index in [9.17, 15) is 24.2 Å². The molecule has 3 aromatic rings. The summed E-state index contributed by atoms with van der Waals surface area (Å²) >= 11 is 0. The third-order valence-corrected chi connectivity index (χ3v) is 6.85. The molecule has 3 aromatic carbocycles. The molecule has 0 saturated carbocycles. The summed E-state index contributed by atoms with van der Waals surface area (Å²) in [4.78, 5) is 21.1. The molecule has 2 aliphatic heterocycles. The molecule has 9 nitrogen and oxygen atoms in total. The van der Waals surface area contributed by atoms with Crippen LogP contribution in [0.15, 0.2) is 66.7 Å². The Balaban J connectivity index is 0.000000493. The molecule has 2 aliphatic rings. The number of carboxylic acid groups (broad SMARTS) is 2. The quantitative estimate of drug-likeness (QED) is 0.265. The summed E-state index contributed by atoms with van der Waals surface area (Å²) in [6, 6.07) is 20.1. The number of alkyl halides is 1. The molecule has 1 unspecified atom stereocenters. The lowest BCUT2D eigenvalue weighted by Gasteiger charge is -2.37. The molecule has 0 amide bonds. The zero-order valence-corrected chi connectivity index (χ0v) is 22.5. The topological polar surface area (TPSA) is 137 Å². The number of likely N-dealkylation sites (tertiary alicyclic amines) is 1. The minimum absolute atomic E-state index is 0.176. The van der Waals surface area contributed by atoms with Gasteiger partial charge in [0.25, 0.3) is 0 Å². The van der Waals surface area contributed by atoms with Crippen LogP contribution in [-0.4, -0.2) is 70.2 Å². The van der Waals surface area contributed by atoms with Gasteiger partial charge in [-0.05, 0) is 66.1 Å². The van der Waals surface area contributed by atoms with Crippen LogP contribution >= 0.6 is 0 Å². The number of rotatable bonds is 9. The number of phenolic OH excluding ortho intramolecular Hbond substituents is 2. The molecular weight excluding hydrogens is 533 g/mol. The summed E-state index contributed by atoms with van der Waals surface area (Å²) in [7, 11) is 0. The maximum Gasteiger partial charge on any atom is 0.314 e. The van der Waals surface area contributed by atoms with Crippen LogP contribution < -0.4 is 9.47 Å². The predicted molar refractivity (Wildman–Crippen MR) is 150 cm³/mol. The first-order valence-corrected chi connectivity index (χ1v) is 13.1. The fourth-order valence-electron chi connectivity index (χ4n) is 4.84. The summed E-state index contributed by atoms with van der Waals surface area (Å²) in [5.74, 6) is -0.615. The van der Waals surface area contributed by atoms with E-state index in [4.69, 9.17) is 19.7 Å². The summed E-state index contributed by atoms with van der Waals surface area (Å²) in [6.07, 6.45) is -1.19. The molecule has 216 valence electrons. The Bertz CT molecular complexity index is 1400. The van der Waals surface area contributed by atoms with Crippen molar-refractivity contribution in [1.82, 2.24) is 4.90 Å². The molecule has 0 spiro atoms. The number of halogens is 1. The van der Waals surface area contributed by atoms with Gasteiger partial charge in [-0.1, -0.05) is 24.3 Å². The van der Waals surface area contributed by atoms with Gasteiger partial charge in [0.15, 0.2) is 0 Å². The summed E-state index contributed by atoms with van der Waals surface area (Å²) in [6.45, 7) is 4.72. The first-order valence-electron chi connectivity index (χ1n) is 13.1. The second-order valence-corrected chi connectivity index (χ2v) is 9.93. The van der Waals surface area contributed by atoms with Gasteiger partial charge in [0.1, 0.15) is 42.1 Å². The predicted octanol–water partition coefficient (Wildman–Crippen LogP) is 4.99. The zero-order valence-electron chi connectivity index (χ0n) is 22.5. The number of ether oxygens (including phenoxy) is 2. The highest BCUT2D eigenvalue weighted by molar-refractivity contribution is 5.96. The first-order chi connectivity index (χ1) is 19.6. The van der Waals surface area contributed by atoms with E-state index in [1.54, 1.807) is 30.3 Å². The minimum atomic E-state index is -1.31. The number of allylic oxidation sites excluding steroid dienone is 1. The second-order valence-electron chi connectivity index (χ2n) is 9.93. The standard InChI is InChI=1S/C28H28FNO4.C3H4O4/c1-18-25-14-23(32)7-10-26(25)34-28(27(18)21-3-2-4-22(31)13-21)20-5-8-24(9-6-20)33-12-11-30-16-19(15-29)17-30;4-2(5)1-3(6)7/h2-10,13-14,19,28,31-32H,11-12,15-17H2,1H3;1H2,(H,4,5)(H,6,7). The van der Waals surface area contributed by atoms with Crippen molar-refractivity contribution in [2.75, 3.05) is 32.9 Å². The molecule has 2 heterocycles. The Morgan fingerprint density at radius 1 is 0.976 bits per heavy atom. The number of aromatic hydroxyl groups is 2. The summed E-state index contributed by atoms with van der Waals surface area (Å²) in [5.41, 5.74) is 4.56. The van der Waals surface area contributed by atoms with Crippen LogP contribution in [0.25, 0.3) is 11.1 Å². The van der Waals surface area contributed by atoms with Crippen LogP contribution in [0.4, 0.5) is 4.39 Å². The third-order valence-electron chi connectivity index (χ3n) is 6.85. The van der Waals surface area contributed by atoms with E-state index in [1.807, 2.05) is 43.3 Å². The van der Waals surface area contributed by atoms with Crippen LogP contribution in [-0.2, 0) is 9.59 Å². The van der Waals surface area contributed by atoms with Crippen molar-refractivity contribution in [2.45, 2.75) is 19.4 Å². The third kappa shape index (κ3) is 7.55. The molecule has 1 atom stereocenters. The van der Waals surface area contributed by atoms with Crippen LogP contribution in [0.5, 0.6) is 23.0 Å². The number of carbonyl (C=O) groups is 2. The van der Waals surface area contributed by atoms with E-state index < -0.39 is 18.4 Å². The number of phenols is 2. The average molecular weight is 566 g/mol. The van der Waals surface area contributed by atoms with E-state index in [2.05, 4.69) is 4.90 Å². The van der Waals surface area contributed by atoms with Crippen molar-refractivity contribution in [3.63, 3.8) is 0 Å². The molecule has 10 heteroatoms. The molecule has 1 fully saturated rings. The Kier molecular flexibility index (Phi) is 9.46. The van der Waals surface area contributed by atoms with Crippen molar-refractivity contribution < 1.29 is 43.9 Å². The molecular formula is C31H32FNO8. The number of nitrogens with zero attached hydrogens (tertiary/aromatic N) is 1. The van der Waals surface area contributed by atoms with Crippen molar-refractivity contribution in [3.8, 4) is 23.0 Å². The van der Waals surface area contributed by atoms with Crippen molar-refractivity contribution in [1.29, 1.82) is 0 Å². The van der Waals surface area contributed by atoms with Gasteiger partial charge in [-0.2, -0.15) is 0 Å². The van der Waals surface area contributed by atoms with Gasteiger partial charge < -0.3 is 29.9 Å². The Morgan fingerprint density at radius 2 is 1.66 bits per heavy atom. The highest BCUT2D eigenvalue weighted by Gasteiger charge is 2.30. The van der Waals surface area contributed by atoms with Gasteiger partial charge in [-0.3, -0.25) is 18.9 Å². The fourth-order valence-corrected chi connectivity index (χ4v) is 4.84. The number of hydrogen-bond acceptors (Lipinski definition) is 7. The van der Waals surface area contributed by atoms with Gasteiger partial charge in [-0.15, -0.1) is 0 Å². The van der Waals surface area contributed by atoms with Gasteiger partial charge in [0.05, 0.1) is 6.67 Å². The van der Waals surface area contributed by atoms with Crippen molar-refractivity contribution >= 4 is 23.1 Å². The molecule has 5 rings (SSSR count). The lowest BCUT2D eigenvalue weighted by atomic mass is 9.86. The molecule has 0 aromatic heterocycles. The SMILES string of the molecule is CC1=C(c2cccc(O)c2)C(c2ccc(OCCN3CC(CF)C3)cc2)Oc2ccc(O)cc21.O=C(O)CC(=O)O. The van der Waals surface area contributed by atoms with Gasteiger partial charge in [0, 0.05) is 36.7 Å². The highest BCUT2D eigenvalue weighted by Crippen LogP contribution is 2.47. The van der Waals surface area contributed by atoms with Crippen LogP contribution in [0, 0.1) is 5.92 Å². The number of carboxylic acids is 2. The van der Waals surface area contributed by atoms with E-state index in [-0.39, 0.29) is 30.2 Å². The first kappa shape index (κ1) is 29.4. The summed E-state index contributed by atoms with van der Waals surface area (Å²) in [5, 5.41) is 35.5. The van der Waals surface area contributed by atoms with E-state index >= 15 is 0 Å². The normalized spacial score (nSPS) is 16.5. The number of fused-ring (bicyclic) bond motifs is 1. The number of benzene rings is 3. The zero-order chi connectivity index (χ0) is 29.5. The van der Waals surface area contributed by atoms with E-state index in [0.717, 1.165) is 53.2 Å². The monoisotopic (exact) mass is 565 g/mol. The number of aliphatic carboxylic acids is 2. The molecule has 0 radical (unpaired) electrons. The molecule has 41 heavy (non-hydrogen) atoms. The Hall–Kier alpha value is -4.57. The van der Waals surface area contributed by atoms with Crippen molar-refractivity contribution in [3.05, 3.63) is 83.4 Å². The maximum atomic E-state index is 12.6. The second kappa shape index (κ2) is 13.2. The van der Waals surface area contributed by atoms with Gasteiger partial charge in [-0.25, -0.2) is 0 Å². The van der Waals surface area contributed by atoms with E-state index in [0.29, 0.717) is 12.4 Å². The van der Waals surface area contributed by atoms with Gasteiger partial charge >= 0.3 is 11.9 Å². The van der Waals surface area contributed by atoms with Crippen LogP contribution in [0.3, 0.4) is 0 Å². The van der Waals surface area contributed by atoms with Crippen LogP contribution in [0.2, 0.25) is 0 Å². The smallest absolute Gasteiger partial charge is 0.314 e. The Morgan fingerprint density at radius 3 is 2.27 bits per heavy atom. The summed E-state index contributed by atoms with van der Waals surface area (Å²) < 4.78 is 24.9. The van der Waals surface area contributed by atoms with Gasteiger partial charge in [0.2, 0.25) is 0 Å². The molecule has 1 saturated heterocycles. The highest BCUT2D eigenvalue weighted by atomic mass is 19.1. The number of hydrogen-bond donors (Lipinski definition) is 4. The van der Waals surface area contributed by atoms with Crippen molar-refractivity contribution in [2.24, 2.45) is 5.92 Å². The molecule has 0 aliphatic carbocycles. The lowest BCUT2D eigenvalue weighted by molar-refractivity contribution is -0.147. The molecule has 0 bridgehead atoms. The maximum absolute atomic E-state index is 12.6. The molecule has 4 N–H and O–H groups in total. The lowest BCUT2D eigenvalue weighted by Crippen LogP contribution is -2.49. The average Bonchev–Trinajstić information content (AvgIpc) is 2.90. The van der Waals surface area contributed by atoms with Crippen LogP contribution in [0.1, 0.15) is 36.1 Å². The largest absolute Gasteiger partial charge is 0.508 e. The van der Waals surface area contributed by atoms with E-state index in [1.165, 1.54) is 0 Å². The Labute approximate surface area is 236 Å².